The van der Waals surface area contributed by atoms with Crippen molar-refractivity contribution in [2.24, 2.45) is 5.73 Å². The molecule has 0 saturated heterocycles. The lowest BCUT2D eigenvalue weighted by molar-refractivity contribution is -0.153. The third-order valence-corrected chi connectivity index (χ3v) is 3.98. The van der Waals surface area contributed by atoms with Crippen LogP contribution in [-0.2, 0) is 18.4 Å². The van der Waals surface area contributed by atoms with E-state index in [4.69, 9.17) is 26.2 Å². The number of aliphatic hydroxyl groups is 7. The molecule has 10 N–H and O–H groups in total. The minimum atomic E-state index is -4.92. The SMILES string of the molecule is NCC(OP(=O)(O)OC[C@H](O)CO)C(=O)[C@@H](O)[C@H](O)[C@@H](O)[C@H](O)CO. The largest absolute Gasteiger partial charge is 0.473 e. The molecule has 0 aromatic rings. The summed E-state index contributed by atoms with van der Waals surface area (Å²) in [6, 6.07) is 0. The van der Waals surface area contributed by atoms with Crippen LogP contribution in [0.2, 0.25) is 0 Å². The van der Waals surface area contributed by atoms with Crippen LogP contribution in [-0.4, -0.2) is 109 Å². The van der Waals surface area contributed by atoms with Crippen LogP contribution < -0.4 is 5.73 Å². The highest BCUT2D eigenvalue weighted by Crippen LogP contribution is 2.44. The second-order valence-electron chi connectivity index (χ2n) is 5.01. The summed E-state index contributed by atoms with van der Waals surface area (Å²) in [5.74, 6) is -1.40. The first-order valence-electron chi connectivity index (χ1n) is 7.02. The van der Waals surface area contributed by atoms with Crippen molar-refractivity contribution in [3.05, 3.63) is 0 Å². The quantitative estimate of drug-likeness (QED) is 0.133. The van der Waals surface area contributed by atoms with E-state index in [1.54, 1.807) is 0 Å². The van der Waals surface area contributed by atoms with E-state index in [1.807, 2.05) is 0 Å². The number of ketones is 1. The van der Waals surface area contributed by atoms with E-state index in [0.717, 1.165) is 0 Å². The lowest BCUT2D eigenvalue weighted by Gasteiger charge is -2.27. The van der Waals surface area contributed by atoms with E-state index >= 15 is 0 Å². The molecule has 2 unspecified atom stereocenters. The van der Waals surface area contributed by atoms with Crippen LogP contribution >= 0.6 is 7.82 Å². The fourth-order valence-corrected chi connectivity index (χ4v) is 2.45. The molecule has 14 heteroatoms. The lowest BCUT2D eigenvalue weighted by Crippen LogP contribution is -2.52. The summed E-state index contributed by atoms with van der Waals surface area (Å²) in [5.41, 5.74) is 5.20. The predicted molar refractivity (Wildman–Crippen MR) is 78.9 cm³/mol. The molecule has 0 aliphatic rings. The van der Waals surface area contributed by atoms with Crippen LogP contribution in [0, 0.1) is 0 Å². The minimum absolute atomic E-state index is 0.724. The van der Waals surface area contributed by atoms with Gasteiger partial charge < -0.3 is 46.4 Å². The van der Waals surface area contributed by atoms with Crippen molar-refractivity contribution in [1.29, 1.82) is 0 Å². The average molecular weight is 393 g/mol. The Hall–Kier alpha value is -0.540. The summed E-state index contributed by atoms with van der Waals surface area (Å²) in [6.45, 7) is -3.27. The van der Waals surface area contributed by atoms with Crippen molar-refractivity contribution in [2.75, 3.05) is 26.4 Å². The molecular formula is C11H24NO12P. The van der Waals surface area contributed by atoms with Gasteiger partial charge in [0.05, 0.1) is 19.8 Å². The van der Waals surface area contributed by atoms with Gasteiger partial charge in [-0.15, -0.1) is 0 Å². The molecule has 0 aliphatic carbocycles. The number of hydrogen-bond donors (Lipinski definition) is 9. The molecule has 7 atom stereocenters. The van der Waals surface area contributed by atoms with Gasteiger partial charge in [-0.25, -0.2) is 4.57 Å². The Kier molecular flexibility index (Phi) is 11.0. The molecule has 0 radical (unpaired) electrons. The highest BCUT2D eigenvalue weighted by atomic mass is 31.2. The highest BCUT2D eigenvalue weighted by molar-refractivity contribution is 7.47. The Labute approximate surface area is 142 Å². The molecule has 150 valence electrons. The summed E-state index contributed by atoms with van der Waals surface area (Å²) in [7, 11) is -4.92. The molecule has 0 amide bonds. The van der Waals surface area contributed by atoms with Gasteiger partial charge in [0.2, 0.25) is 0 Å². The van der Waals surface area contributed by atoms with Crippen molar-refractivity contribution < 1.29 is 59.0 Å². The smallest absolute Gasteiger partial charge is 0.394 e. The Morgan fingerprint density at radius 2 is 1.60 bits per heavy atom. The van der Waals surface area contributed by atoms with E-state index < -0.39 is 76.6 Å². The summed E-state index contributed by atoms with van der Waals surface area (Å²) in [4.78, 5) is 21.4. The van der Waals surface area contributed by atoms with Gasteiger partial charge in [-0.1, -0.05) is 0 Å². The van der Waals surface area contributed by atoms with Gasteiger partial charge in [0.15, 0.2) is 5.78 Å². The number of carbonyl (C=O) groups is 1. The molecule has 25 heavy (non-hydrogen) atoms. The van der Waals surface area contributed by atoms with Crippen LogP contribution in [0.3, 0.4) is 0 Å². The normalized spacial score (nSPS) is 21.6. The first-order valence-corrected chi connectivity index (χ1v) is 8.51. The van der Waals surface area contributed by atoms with Gasteiger partial charge in [-0.3, -0.25) is 13.8 Å². The van der Waals surface area contributed by atoms with Crippen molar-refractivity contribution in [3.8, 4) is 0 Å². The predicted octanol–water partition coefficient (Wildman–Crippen LogP) is -5.19. The van der Waals surface area contributed by atoms with Crippen LogP contribution in [0.5, 0.6) is 0 Å². The second-order valence-corrected chi connectivity index (χ2v) is 6.41. The van der Waals surface area contributed by atoms with E-state index in [0.29, 0.717) is 0 Å². The first kappa shape index (κ1) is 24.5. The molecule has 13 nitrogen and oxygen atoms in total. The van der Waals surface area contributed by atoms with Gasteiger partial charge >= 0.3 is 7.82 Å². The summed E-state index contributed by atoms with van der Waals surface area (Å²) in [5, 5.41) is 64.1. The van der Waals surface area contributed by atoms with Crippen LogP contribution in [0.25, 0.3) is 0 Å². The van der Waals surface area contributed by atoms with Crippen LogP contribution in [0.4, 0.5) is 0 Å². The number of phosphoric acid groups is 1. The molecule has 0 rings (SSSR count). The Bertz CT molecular complexity index is 451. The fourth-order valence-electron chi connectivity index (χ4n) is 1.52. The minimum Gasteiger partial charge on any atom is -0.394 e. The number of aliphatic hydroxyl groups excluding tert-OH is 7. The topological polar surface area (TPSA) is 240 Å². The fraction of sp³-hybridized carbons (Fsp3) is 0.909. The Morgan fingerprint density at radius 1 is 1.04 bits per heavy atom. The second kappa shape index (κ2) is 11.2. The van der Waals surface area contributed by atoms with Gasteiger partial charge in [0, 0.05) is 6.54 Å². The van der Waals surface area contributed by atoms with Gasteiger partial charge in [0.1, 0.15) is 36.6 Å². The van der Waals surface area contributed by atoms with E-state index in [2.05, 4.69) is 9.05 Å². The monoisotopic (exact) mass is 393 g/mol. The number of hydrogen-bond acceptors (Lipinski definition) is 12. The molecule has 0 bridgehead atoms. The molecule has 0 heterocycles. The Balaban J connectivity index is 4.91. The zero-order valence-corrected chi connectivity index (χ0v) is 13.9. The highest BCUT2D eigenvalue weighted by Gasteiger charge is 2.40. The van der Waals surface area contributed by atoms with E-state index in [-0.39, 0.29) is 0 Å². The van der Waals surface area contributed by atoms with E-state index in [1.165, 1.54) is 0 Å². The molecule has 0 fully saturated rings. The van der Waals surface area contributed by atoms with Gasteiger partial charge in [-0.2, -0.15) is 0 Å². The number of rotatable bonds is 13. The number of carbonyl (C=O) groups excluding carboxylic acids is 1. The Morgan fingerprint density at radius 3 is 2.04 bits per heavy atom. The lowest BCUT2D eigenvalue weighted by atomic mass is 9.98. The molecule has 0 aromatic carbocycles. The summed E-state index contributed by atoms with van der Waals surface area (Å²) >= 11 is 0. The summed E-state index contributed by atoms with van der Waals surface area (Å²) in [6.07, 6.45) is -12.0. The number of Topliss-reactive ketones (excluding diaryl/α,β-unsaturated/α-hetero) is 1. The number of phosphoric ester groups is 1. The molecule has 0 spiro atoms. The molecule has 0 saturated carbocycles. The van der Waals surface area contributed by atoms with Crippen molar-refractivity contribution >= 4 is 13.6 Å². The molecular weight excluding hydrogens is 369 g/mol. The van der Waals surface area contributed by atoms with E-state index in [9.17, 15) is 29.6 Å². The van der Waals surface area contributed by atoms with Crippen molar-refractivity contribution in [3.63, 3.8) is 0 Å². The maximum absolute atomic E-state index is 12.0. The molecule has 0 aromatic heterocycles. The molecule has 0 aliphatic heterocycles. The third-order valence-electron chi connectivity index (χ3n) is 2.98. The van der Waals surface area contributed by atoms with Crippen molar-refractivity contribution in [2.45, 2.75) is 36.6 Å². The standard InChI is InChI=1S/C11H24NO12P/c12-1-7(24-25(21,22)23-4-5(15)2-13)9(18)11(20)10(19)8(17)6(16)3-14/h5-8,10-11,13-17,19-20H,1-4,12H2,(H,21,22)/t5-,6-,7?,8+,10-,11-/m1/s1. The number of nitrogens with two attached hydrogens (primary N) is 1. The zero-order valence-electron chi connectivity index (χ0n) is 13.0. The maximum Gasteiger partial charge on any atom is 0.473 e. The average Bonchev–Trinajstić information content (AvgIpc) is 2.60. The van der Waals surface area contributed by atoms with Gasteiger partial charge in [0.25, 0.3) is 0 Å². The first-order chi connectivity index (χ1) is 11.5. The van der Waals surface area contributed by atoms with Crippen LogP contribution in [0.1, 0.15) is 0 Å². The third kappa shape index (κ3) is 8.13. The van der Waals surface area contributed by atoms with Crippen LogP contribution in [0.15, 0.2) is 0 Å². The van der Waals surface area contributed by atoms with Crippen molar-refractivity contribution in [1.82, 2.24) is 0 Å². The summed E-state index contributed by atoms with van der Waals surface area (Å²) < 4.78 is 20.4. The van der Waals surface area contributed by atoms with Gasteiger partial charge in [-0.05, 0) is 0 Å². The maximum atomic E-state index is 12.0. The zero-order chi connectivity index (χ0) is 19.8.